The normalized spacial score (nSPS) is 20.5. The Bertz CT molecular complexity index is 2240. The minimum absolute atomic E-state index is 0.0857. The van der Waals surface area contributed by atoms with Crippen LogP contribution in [0.1, 0.15) is 78.4 Å². The van der Waals surface area contributed by atoms with Crippen molar-refractivity contribution in [2.24, 2.45) is 0 Å². The van der Waals surface area contributed by atoms with E-state index in [1.165, 1.54) is 38.1 Å². The SMILES string of the molecule is CC[C@H](NC(=O)[C@H](C)NC)C(=O)N1CC(OC(C)=O)C[C@H]1Cc1c(-c2[nH]c3cc(F)ccc3c2C[C@@H]2CC(OC(C)=O)CN2C(=O)[C@H](CC)NC(=O)[C@H](C)NC)[nH]c2cc(F)ccc12. The topological polar surface area (TPSA) is 207 Å². The van der Waals surface area contributed by atoms with Crippen molar-refractivity contribution in [1.29, 1.82) is 0 Å². The maximum Gasteiger partial charge on any atom is 0.302 e. The van der Waals surface area contributed by atoms with Crippen LogP contribution in [-0.4, -0.2) is 131 Å². The van der Waals surface area contributed by atoms with Crippen LogP contribution in [0, 0.1) is 11.6 Å². The third-order valence-electron chi connectivity index (χ3n) is 12.5. The molecule has 0 saturated carbocycles. The van der Waals surface area contributed by atoms with Gasteiger partial charge in [0.2, 0.25) is 23.6 Å². The summed E-state index contributed by atoms with van der Waals surface area (Å²) in [6.07, 6.45) is 0.292. The molecular formula is C46H60F2N8O8. The molecule has 2 aromatic heterocycles. The molecule has 2 unspecified atom stereocenters. The zero-order chi connectivity index (χ0) is 46.6. The lowest BCUT2D eigenvalue weighted by Crippen LogP contribution is -2.53. The van der Waals surface area contributed by atoms with Gasteiger partial charge in [0.05, 0.1) is 36.6 Å². The average molecular weight is 891 g/mol. The number of fused-ring (bicyclic) bond motifs is 2. The molecule has 2 aromatic carbocycles. The second kappa shape index (κ2) is 20.3. The molecule has 346 valence electrons. The quantitative estimate of drug-likeness (QED) is 0.0847. The van der Waals surface area contributed by atoms with Crippen molar-refractivity contribution >= 4 is 57.4 Å². The molecule has 0 bridgehead atoms. The summed E-state index contributed by atoms with van der Waals surface area (Å²) in [7, 11) is 3.29. The monoisotopic (exact) mass is 890 g/mol. The van der Waals surface area contributed by atoms with Crippen LogP contribution in [0.2, 0.25) is 0 Å². The number of nitrogens with one attached hydrogen (secondary N) is 6. The minimum atomic E-state index is -0.867. The van der Waals surface area contributed by atoms with Crippen LogP contribution in [0.5, 0.6) is 0 Å². The lowest BCUT2D eigenvalue weighted by molar-refractivity contribution is -0.147. The number of hydrogen-bond donors (Lipinski definition) is 6. The Labute approximate surface area is 370 Å². The molecule has 0 radical (unpaired) electrons. The first-order chi connectivity index (χ1) is 30.5. The van der Waals surface area contributed by atoms with Crippen molar-refractivity contribution in [1.82, 2.24) is 41.0 Å². The third-order valence-corrected chi connectivity index (χ3v) is 12.5. The van der Waals surface area contributed by atoms with Gasteiger partial charge in [0, 0.05) is 60.6 Å². The van der Waals surface area contributed by atoms with E-state index in [1.54, 1.807) is 63.7 Å². The van der Waals surface area contributed by atoms with Crippen LogP contribution in [0.15, 0.2) is 36.4 Å². The first-order valence-electron chi connectivity index (χ1n) is 22.0. The number of likely N-dealkylation sites (N-methyl/N-ethyl adjacent to an activating group) is 2. The van der Waals surface area contributed by atoms with Crippen molar-refractivity contribution in [3.8, 4) is 11.4 Å². The highest BCUT2D eigenvalue weighted by molar-refractivity contribution is 5.97. The highest BCUT2D eigenvalue weighted by Crippen LogP contribution is 2.40. The second-order valence-corrected chi connectivity index (χ2v) is 16.9. The van der Waals surface area contributed by atoms with Crippen LogP contribution < -0.4 is 21.3 Å². The van der Waals surface area contributed by atoms with Gasteiger partial charge < -0.3 is 50.5 Å². The second-order valence-electron chi connectivity index (χ2n) is 16.9. The van der Waals surface area contributed by atoms with Gasteiger partial charge in [0.15, 0.2) is 0 Å². The Hall–Kier alpha value is -5.88. The number of esters is 2. The zero-order valence-electron chi connectivity index (χ0n) is 37.7. The van der Waals surface area contributed by atoms with Gasteiger partial charge in [-0.3, -0.25) is 28.8 Å². The Morgan fingerprint density at radius 2 is 1.05 bits per heavy atom. The standard InChI is InChI=1S/C46H60F2N8O8/c1-9-37(53-43(59)23(3)49-7)45(61)55-21-31(63-25(5)57)17-29(55)19-35-33-13-11-27(47)15-39(33)51-41(35)42-36(34-14-12-28(48)16-40(34)52-42)20-30-18-32(64-26(6)58)22-56(30)46(62)38(10-2)54-44(60)24(4)50-8/h11-16,23-24,29-32,37-38,49-52H,9-10,17-22H2,1-8H3,(H,53,59)(H,54,60)/t23-,24-,29-,30-,31?,32?,37-,38-/m0/s1. The van der Waals surface area contributed by atoms with Crippen LogP contribution in [-0.2, 0) is 51.1 Å². The summed E-state index contributed by atoms with van der Waals surface area (Å²) in [6.45, 7) is 9.74. The largest absolute Gasteiger partial charge is 0.461 e. The fourth-order valence-corrected chi connectivity index (χ4v) is 9.02. The van der Waals surface area contributed by atoms with Gasteiger partial charge in [-0.15, -0.1) is 0 Å². The number of amides is 4. The number of ether oxygens (including phenoxy) is 2. The molecule has 2 aliphatic rings. The van der Waals surface area contributed by atoms with Gasteiger partial charge in [0.25, 0.3) is 0 Å². The number of halogens is 2. The van der Waals surface area contributed by atoms with Gasteiger partial charge in [-0.2, -0.15) is 0 Å². The number of hydrogen-bond acceptors (Lipinski definition) is 10. The number of rotatable bonds is 17. The van der Waals surface area contributed by atoms with Gasteiger partial charge in [-0.1, -0.05) is 13.8 Å². The number of nitrogens with zero attached hydrogens (tertiary/aromatic N) is 2. The molecule has 2 aliphatic heterocycles. The summed E-state index contributed by atoms with van der Waals surface area (Å²) in [5.74, 6) is -3.38. The van der Waals surface area contributed by atoms with Gasteiger partial charge in [-0.05, 0) is 101 Å². The molecule has 8 atom stereocenters. The van der Waals surface area contributed by atoms with E-state index in [9.17, 15) is 37.5 Å². The molecule has 6 N–H and O–H groups in total. The molecule has 4 heterocycles. The van der Waals surface area contributed by atoms with Crippen molar-refractivity contribution in [3.63, 3.8) is 0 Å². The summed E-state index contributed by atoms with van der Waals surface area (Å²) in [4.78, 5) is 89.2. The van der Waals surface area contributed by atoms with Crippen LogP contribution in [0.3, 0.4) is 0 Å². The van der Waals surface area contributed by atoms with Gasteiger partial charge >= 0.3 is 11.9 Å². The molecular weight excluding hydrogens is 831 g/mol. The average Bonchev–Trinajstić information content (AvgIpc) is 4.03. The van der Waals surface area contributed by atoms with Crippen molar-refractivity contribution in [2.75, 3.05) is 27.2 Å². The number of likely N-dealkylation sites (tertiary alicyclic amines) is 2. The summed E-state index contributed by atoms with van der Waals surface area (Å²) in [5, 5.41) is 12.8. The van der Waals surface area contributed by atoms with Crippen molar-refractivity contribution < 1.29 is 47.0 Å². The molecule has 18 heteroatoms. The predicted octanol–water partition coefficient (Wildman–Crippen LogP) is 3.75. The van der Waals surface area contributed by atoms with Crippen LogP contribution in [0.25, 0.3) is 33.2 Å². The van der Waals surface area contributed by atoms with E-state index < -0.39 is 72.0 Å². The van der Waals surface area contributed by atoms with E-state index in [4.69, 9.17) is 9.47 Å². The highest BCUT2D eigenvalue weighted by atomic mass is 19.1. The van der Waals surface area contributed by atoms with Gasteiger partial charge in [-0.25, -0.2) is 8.78 Å². The van der Waals surface area contributed by atoms with Crippen molar-refractivity contribution in [2.45, 2.75) is 129 Å². The van der Waals surface area contributed by atoms with E-state index >= 15 is 0 Å². The molecule has 2 saturated heterocycles. The highest BCUT2D eigenvalue weighted by Gasteiger charge is 2.43. The van der Waals surface area contributed by atoms with E-state index in [0.29, 0.717) is 57.2 Å². The third kappa shape index (κ3) is 10.4. The van der Waals surface area contributed by atoms with E-state index in [0.717, 1.165) is 0 Å². The van der Waals surface area contributed by atoms with E-state index in [-0.39, 0.29) is 62.4 Å². The molecule has 16 nitrogen and oxygen atoms in total. The number of benzene rings is 2. The maximum absolute atomic E-state index is 15.0. The maximum atomic E-state index is 15.0. The molecule has 2 fully saturated rings. The first kappa shape index (κ1) is 47.6. The summed E-state index contributed by atoms with van der Waals surface area (Å²) in [5.41, 5.74) is 3.37. The molecule has 4 amide bonds. The number of carbonyl (C=O) groups is 6. The molecule has 6 rings (SSSR count). The smallest absolute Gasteiger partial charge is 0.302 e. The molecule has 64 heavy (non-hydrogen) atoms. The number of aromatic nitrogens is 2. The Morgan fingerprint density at radius 3 is 1.38 bits per heavy atom. The van der Waals surface area contributed by atoms with Crippen LogP contribution in [0.4, 0.5) is 8.78 Å². The summed E-state index contributed by atoms with van der Waals surface area (Å²) < 4.78 is 41.3. The fraction of sp³-hybridized carbons (Fsp3) is 0.522. The Kier molecular flexibility index (Phi) is 15.1. The fourth-order valence-electron chi connectivity index (χ4n) is 9.02. The number of aromatic amines is 2. The van der Waals surface area contributed by atoms with E-state index in [1.807, 2.05) is 0 Å². The first-order valence-corrected chi connectivity index (χ1v) is 22.0. The Balaban J connectivity index is 1.44. The lowest BCUT2D eigenvalue weighted by Gasteiger charge is -2.30. The summed E-state index contributed by atoms with van der Waals surface area (Å²) in [6, 6.07) is 4.78. The number of H-pyrrole nitrogens is 2. The van der Waals surface area contributed by atoms with E-state index in [2.05, 4.69) is 31.2 Å². The van der Waals surface area contributed by atoms with Crippen LogP contribution >= 0.6 is 0 Å². The molecule has 0 aliphatic carbocycles. The number of carbonyl (C=O) groups excluding carboxylic acids is 6. The van der Waals surface area contributed by atoms with Gasteiger partial charge in [0.1, 0.15) is 35.9 Å². The zero-order valence-corrected chi connectivity index (χ0v) is 37.7. The van der Waals surface area contributed by atoms with Crippen molar-refractivity contribution in [3.05, 3.63) is 59.2 Å². The minimum Gasteiger partial charge on any atom is -0.461 e. The molecule has 4 aromatic rings. The predicted molar refractivity (Wildman–Crippen MR) is 236 cm³/mol. The molecule has 0 spiro atoms. The Morgan fingerprint density at radius 1 is 0.672 bits per heavy atom. The summed E-state index contributed by atoms with van der Waals surface area (Å²) >= 11 is 0. The lowest BCUT2D eigenvalue weighted by atomic mass is 9.94.